The fraction of sp³-hybridized carbons (Fsp3) is 0.350. The predicted molar refractivity (Wildman–Crippen MR) is 106 cm³/mol. The van der Waals surface area contributed by atoms with Crippen molar-refractivity contribution in [1.29, 1.82) is 0 Å². The molecule has 27 heavy (non-hydrogen) atoms. The summed E-state index contributed by atoms with van der Waals surface area (Å²) in [5, 5.41) is 8.71. The van der Waals surface area contributed by atoms with Crippen LogP contribution in [-0.4, -0.2) is 34.0 Å². The van der Waals surface area contributed by atoms with Crippen molar-refractivity contribution >= 4 is 28.8 Å². The Hall–Kier alpha value is -2.18. The molecule has 1 aliphatic heterocycles. The van der Waals surface area contributed by atoms with Gasteiger partial charge < -0.3 is 9.42 Å². The Bertz CT molecular complexity index is 910. The molecular formula is C20H20ClN3O2S. The molecule has 140 valence electrons. The highest BCUT2D eigenvalue weighted by Crippen LogP contribution is 2.24. The summed E-state index contributed by atoms with van der Waals surface area (Å²) in [5.74, 6) is 1.73. The normalized spacial score (nSPS) is 17.2. The standard InChI is InChI=1S/C20H20ClN3O2S/c21-17-6-2-1-5-15(17)11-19(25)24-8-3-4-14(12-24)10-18-22-20(23-26-18)16-7-9-27-13-16/h1-2,5-7,9,13-14H,3-4,8,10-12H2. The molecule has 1 aromatic carbocycles. The Kier molecular flexibility index (Phi) is 5.55. The number of hydrogen-bond donors (Lipinski definition) is 0. The van der Waals surface area contributed by atoms with Crippen LogP contribution >= 0.6 is 22.9 Å². The van der Waals surface area contributed by atoms with Crippen molar-refractivity contribution in [2.75, 3.05) is 13.1 Å². The summed E-state index contributed by atoms with van der Waals surface area (Å²) >= 11 is 7.80. The first-order chi connectivity index (χ1) is 13.2. The fourth-order valence-corrected chi connectivity index (χ4v) is 4.31. The monoisotopic (exact) mass is 401 g/mol. The van der Waals surface area contributed by atoms with Gasteiger partial charge in [0.05, 0.1) is 6.42 Å². The topological polar surface area (TPSA) is 59.2 Å². The van der Waals surface area contributed by atoms with E-state index in [0.29, 0.717) is 35.5 Å². The first kappa shape index (κ1) is 18.2. The number of likely N-dealkylation sites (tertiary alicyclic amines) is 1. The fourth-order valence-electron chi connectivity index (χ4n) is 3.47. The van der Waals surface area contributed by atoms with Gasteiger partial charge >= 0.3 is 0 Å². The van der Waals surface area contributed by atoms with E-state index in [4.69, 9.17) is 16.1 Å². The van der Waals surface area contributed by atoms with Gasteiger partial charge in [-0.05, 0) is 41.8 Å². The summed E-state index contributed by atoms with van der Waals surface area (Å²) in [4.78, 5) is 19.1. The third-order valence-corrected chi connectivity index (χ3v) is 5.93. The zero-order valence-electron chi connectivity index (χ0n) is 14.8. The summed E-state index contributed by atoms with van der Waals surface area (Å²) in [6, 6.07) is 9.50. The molecule has 5 nitrogen and oxygen atoms in total. The summed E-state index contributed by atoms with van der Waals surface area (Å²) < 4.78 is 5.42. The minimum atomic E-state index is 0.122. The predicted octanol–water partition coefficient (Wildman–Crippen LogP) is 4.48. The number of halogens is 1. The highest BCUT2D eigenvalue weighted by molar-refractivity contribution is 7.08. The molecule has 3 heterocycles. The second-order valence-corrected chi connectivity index (χ2v) is 8.03. The van der Waals surface area contributed by atoms with Crippen LogP contribution in [0.2, 0.25) is 5.02 Å². The molecule has 1 saturated heterocycles. The molecule has 0 spiro atoms. The number of rotatable bonds is 5. The first-order valence-corrected chi connectivity index (χ1v) is 10.4. The van der Waals surface area contributed by atoms with E-state index >= 15 is 0 Å². The number of thiophene rings is 1. The number of hydrogen-bond acceptors (Lipinski definition) is 5. The third-order valence-electron chi connectivity index (χ3n) is 4.88. The molecule has 0 N–H and O–H groups in total. The second-order valence-electron chi connectivity index (χ2n) is 6.84. The Morgan fingerprint density at radius 3 is 3.04 bits per heavy atom. The van der Waals surface area contributed by atoms with Crippen molar-refractivity contribution in [3.05, 3.63) is 57.6 Å². The quantitative estimate of drug-likeness (QED) is 0.632. The van der Waals surface area contributed by atoms with E-state index in [2.05, 4.69) is 10.1 Å². The van der Waals surface area contributed by atoms with E-state index in [-0.39, 0.29) is 5.91 Å². The number of carbonyl (C=O) groups is 1. The summed E-state index contributed by atoms with van der Waals surface area (Å²) in [5.41, 5.74) is 1.86. The highest BCUT2D eigenvalue weighted by atomic mass is 35.5. The van der Waals surface area contributed by atoms with Gasteiger partial charge in [-0.1, -0.05) is 35.0 Å². The number of amides is 1. The van der Waals surface area contributed by atoms with Gasteiger partial charge in [-0.3, -0.25) is 4.79 Å². The summed E-state index contributed by atoms with van der Waals surface area (Å²) in [6.45, 7) is 1.52. The van der Waals surface area contributed by atoms with Crippen molar-refractivity contribution in [2.24, 2.45) is 5.92 Å². The maximum Gasteiger partial charge on any atom is 0.227 e. The molecular weight excluding hydrogens is 382 g/mol. The van der Waals surface area contributed by atoms with Gasteiger partial charge in [-0.25, -0.2) is 0 Å². The molecule has 3 aromatic rings. The number of aromatic nitrogens is 2. The maximum atomic E-state index is 12.7. The molecule has 1 atom stereocenters. The molecule has 0 aliphatic carbocycles. The molecule has 0 radical (unpaired) electrons. The number of nitrogens with zero attached hydrogens (tertiary/aromatic N) is 3. The van der Waals surface area contributed by atoms with Crippen LogP contribution in [0.4, 0.5) is 0 Å². The summed E-state index contributed by atoms with van der Waals surface area (Å²) in [6.07, 6.45) is 3.10. The van der Waals surface area contributed by atoms with E-state index in [0.717, 1.165) is 37.1 Å². The van der Waals surface area contributed by atoms with Crippen molar-refractivity contribution in [1.82, 2.24) is 15.0 Å². The minimum absolute atomic E-state index is 0.122. The van der Waals surface area contributed by atoms with Crippen molar-refractivity contribution in [3.63, 3.8) is 0 Å². The van der Waals surface area contributed by atoms with Gasteiger partial charge in [0.2, 0.25) is 17.6 Å². The van der Waals surface area contributed by atoms with E-state index in [1.165, 1.54) is 0 Å². The van der Waals surface area contributed by atoms with E-state index in [9.17, 15) is 4.79 Å². The van der Waals surface area contributed by atoms with Gasteiger partial charge in [-0.2, -0.15) is 16.3 Å². The number of piperidine rings is 1. The molecule has 7 heteroatoms. The average Bonchev–Trinajstić information content (AvgIpc) is 3.35. The number of carbonyl (C=O) groups excluding carboxylic acids is 1. The lowest BCUT2D eigenvalue weighted by Crippen LogP contribution is -2.41. The Morgan fingerprint density at radius 2 is 2.22 bits per heavy atom. The Balaban J connectivity index is 1.37. The highest BCUT2D eigenvalue weighted by Gasteiger charge is 2.26. The molecule has 4 rings (SSSR count). The molecule has 0 bridgehead atoms. The van der Waals surface area contributed by atoms with Gasteiger partial charge in [0.1, 0.15) is 0 Å². The lowest BCUT2D eigenvalue weighted by atomic mass is 9.94. The van der Waals surface area contributed by atoms with E-state index in [1.54, 1.807) is 11.3 Å². The van der Waals surface area contributed by atoms with Crippen LogP contribution in [0, 0.1) is 5.92 Å². The average molecular weight is 402 g/mol. The molecule has 1 aliphatic rings. The van der Waals surface area contributed by atoms with Gasteiger partial charge in [0.25, 0.3) is 0 Å². The van der Waals surface area contributed by atoms with Gasteiger partial charge in [0, 0.05) is 35.5 Å². The van der Waals surface area contributed by atoms with E-state index in [1.807, 2.05) is 46.0 Å². The van der Waals surface area contributed by atoms with Crippen LogP contribution in [0.1, 0.15) is 24.3 Å². The molecule has 1 unspecified atom stereocenters. The maximum absolute atomic E-state index is 12.7. The summed E-state index contributed by atoms with van der Waals surface area (Å²) in [7, 11) is 0. The largest absolute Gasteiger partial charge is 0.342 e. The molecule has 2 aromatic heterocycles. The van der Waals surface area contributed by atoms with Crippen LogP contribution in [0.5, 0.6) is 0 Å². The lowest BCUT2D eigenvalue weighted by Gasteiger charge is -2.32. The van der Waals surface area contributed by atoms with Crippen LogP contribution in [0.25, 0.3) is 11.4 Å². The van der Waals surface area contributed by atoms with Crippen LogP contribution in [0.15, 0.2) is 45.6 Å². The van der Waals surface area contributed by atoms with E-state index < -0.39 is 0 Å². The van der Waals surface area contributed by atoms with Gasteiger partial charge in [-0.15, -0.1) is 0 Å². The minimum Gasteiger partial charge on any atom is -0.342 e. The Morgan fingerprint density at radius 1 is 1.33 bits per heavy atom. The lowest BCUT2D eigenvalue weighted by molar-refractivity contribution is -0.132. The van der Waals surface area contributed by atoms with Crippen LogP contribution in [0.3, 0.4) is 0 Å². The zero-order chi connectivity index (χ0) is 18.6. The van der Waals surface area contributed by atoms with Crippen molar-refractivity contribution < 1.29 is 9.32 Å². The molecule has 0 saturated carbocycles. The third kappa shape index (κ3) is 4.39. The zero-order valence-corrected chi connectivity index (χ0v) is 16.4. The molecule has 1 amide bonds. The number of benzene rings is 1. The second kappa shape index (κ2) is 8.23. The van der Waals surface area contributed by atoms with Crippen LogP contribution in [-0.2, 0) is 17.6 Å². The van der Waals surface area contributed by atoms with Crippen LogP contribution < -0.4 is 0 Å². The van der Waals surface area contributed by atoms with Gasteiger partial charge in [0.15, 0.2) is 0 Å². The SMILES string of the molecule is O=C(Cc1ccccc1Cl)N1CCCC(Cc2nc(-c3ccsc3)no2)C1. The van der Waals surface area contributed by atoms with Crippen molar-refractivity contribution in [2.45, 2.75) is 25.7 Å². The first-order valence-electron chi connectivity index (χ1n) is 9.05. The van der Waals surface area contributed by atoms with Crippen molar-refractivity contribution in [3.8, 4) is 11.4 Å². The Labute approximate surface area is 167 Å². The molecule has 1 fully saturated rings. The smallest absolute Gasteiger partial charge is 0.227 e.